The average Bonchev–Trinajstić information content (AvgIpc) is 2.39. The van der Waals surface area contributed by atoms with Gasteiger partial charge in [-0.2, -0.15) is 0 Å². The number of halogens is 1. The van der Waals surface area contributed by atoms with E-state index in [-0.39, 0.29) is 5.60 Å². The van der Waals surface area contributed by atoms with Gasteiger partial charge in [0.1, 0.15) is 0 Å². The maximum atomic E-state index is 6.40. The summed E-state index contributed by atoms with van der Waals surface area (Å²) >= 11 is 6.40. The van der Waals surface area contributed by atoms with E-state index in [1.165, 1.54) is 5.69 Å². The Bertz CT molecular complexity index is 448. The van der Waals surface area contributed by atoms with E-state index in [4.69, 9.17) is 16.3 Å². The number of morpholine rings is 1. The third-order valence-electron chi connectivity index (χ3n) is 3.57. The lowest BCUT2D eigenvalue weighted by Crippen LogP contribution is -2.48. The van der Waals surface area contributed by atoms with E-state index in [2.05, 4.69) is 49.2 Å². The van der Waals surface area contributed by atoms with Crippen molar-refractivity contribution in [1.29, 1.82) is 0 Å². The van der Waals surface area contributed by atoms with Crippen molar-refractivity contribution in [1.82, 2.24) is 5.32 Å². The van der Waals surface area contributed by atoms with Crippen LogP contribution in [0, 0.1) is 0 Å². The molecule has 3 nitrogen and oxygen atoms in total. The summed E-state index contributed by atoms with van der Waals surface area (Å²) in [7, 11) is 0. The Labute approximate surface area is 127 Å². The summed E-state index contributed by atoms with van der Waals surface area (Å²) in [5, 5.41) is 4.23. The number of benzene rings is 1. The van der Waals surface area contributed by atoms with E-state index in [1.807, 2.05) is 0 Å². The highest BCUT2D eigenvalue weighted by Crippen LogP contribution is 2.27. The highest BCUT2D eigenvalue weighted by molar-refractivity contribution is 6.31. The number of hydrogen-bond acceptors (Lipinski definition) is 3. The molecule has 0 spiro atoms. The first-order chi connectivity index (χ1) is 9.52. The minimum absolute atomic E-state index is 0.0912. The molecular formula is C16H25ClN2O. The molecule has 0 radical (unpaired) electrons. The zero-order chi connectivity index (χ0) is 14.6. The van der Waals surface area contributed by atoms with E-state index >= 15 is 0 Å². The van der Waals surface area contributed by atoms with Crippen LogP contribution in [-0.4, -0.2) is 31.8 Å². The van der Waals surface area contributed by atoms with Gasteiger partial charge in [-0.1, -0.05) is 24.6 Å². The molecule has 1 aliphatic rings. The molecule has 0 bridgehead atoms. The first-order valence-corrected chi connectivity index (χ1v) is 7.78. The SMILES string of the molecule is CCCNCc1ccc(N2CCOC(C)(C)C2)cc1Cl. The van der Waals surface area contributed by atoms with E-state index in [0.717, 1.165) is 49.8 Å². The largest absolute Gasteiger partial charge is 0.372 e. The van der Waals surface area contributed by atoms with Crippen molar-refractivity contribution in [2.75, 3.05) is 31.1 Å². The molecule has 0 aromatic heterocycles. The van der Waals surface area contributed by atoms with Gasteiger partial charge in [0.2, 0.25) is 0 Å². The van der Waals surface area contributed by atoms with Crippen LogP contribution >= 0.6 is 11.6 Å². The summed E-state index contributed by atoms with van der Waals surface area (Å²) in [5.74, 6) is 0. The van der Waals surface area contributed by atoms with E-state index in [9.17, 15) is 0 Å². The van der Waals surface area contributed by atoms with Crippen LogP contribution in [0.3, 0.4) is 0 Å². The minimum Gasteiger partial charge on any atom is -0.372 e. The first-order valence-electron chi connectivity index (χ1n) is 7.40. The molecular weight excluding hydrogens is 272 g/mol. The number of nitrogens with zero attached hydrogens (tertiary/aromatic N) is 1. The topological polar surface area (TPSA) is 24.5 Å². The number of hydrogen-bond donors (Lipinski definition) is 1. The molecule has 1 N–H and O–H groups in total. The quantitative estimate of drug-likeness (QED) is 0.842. The van der Waals surface area contributed by atoms with Crippen LogP contribution in [0.25, 0.3) is 0 Å². The van der Waals surface area contributed by atoms with Crippen molar-refractivity contribution in [2.45, 2.75) is 39.3 Å². The van der Waals surface area contributed by atoms with Crippen molar-refractivity contribution in [3.8, 4) is 0 Å². The van der Waals surface area contributed by atoms with Crippen LogP contribution in [0.1, 0.15) is 32.8 Å². The number of anilines is 1. The predicted molar refractivity (Wildman–Crippen MR) is 85.7 cm³/mol. The predicted octanol–water partition coefficient (Wildman–Crippen LogP) is 3.45. The average molecular weight is 297 g/mol. The number of nitrogens with one attached hydrogen (secondary N) is 1. The maximum absolute atomic E-state index is 6.40. The van der Waals surface area contributed by atoms with E-state index < -0.39 is 0 Å². The molecule has 1 aromatic rings. The highest BCUT2D eigenvalue weighted by atomic mass is 35.5. The lowest BCUT2D eigenvalue weighted by molar-refractivity contribution is -0.0276. The van der Waals surface area contributed by atoms with E-state index in [1.54, 1.807) is 0 Å². The molecule has 0 saturated carbocycles. The van der Waals surface area contributed by atoms with Gasteiger partial charge in [-0.25, -0.2) is 0 Å². The van der Waals surface area contributed by atoms with Crippen LogP contribution in [0.4, 0.5) is 5.69 Å². The molecule has 0 atom stereocenters. The van der Waals surface area contributed by atoms with Crippen LogP contribution in [0.5, 0.6) is 0 Å². The van der Waals surface area contributed by atoms with Gasteiger partial charge in [0.05, 0.1) is 12.2 Å². The van der Waals surface area contributed by atoms with Gasteiger partial charge in [-0.05, 0) is 44.5 Å². The molecule has 1 aromatic carbocycles. The second kappa shape index (κ2) is 6.79. The molecule has 0 aliphatic carbocycles. The zero-order valence-electron chi connectivity index (χ0n) is 12.7. The summed E-state index contributed by atoms with van der Waals surface area (Å²) in [4.78, 5) is 2.35. The van der Waals surface area contributed by atoms with Gasteiger partial charge in [0, 0.05) is 30.3 Å². The molecule has 4 heteroatoms. The van der Waals surface area contributed by atoms with Crippen molar-refractivity contribution in [3.05, 3.63) is 28.8 Å². The Hall–Kier alpha value is -0.770. The molecule has 1 heterocycles. The lowest BCUT2D eigenvalue weighted by atomic mass is 10.1. The van der Waals surface area contributed by atoms with Gasteiger partial charge in [-0.15, -0.1) is 0 Å². The number of ether oxygens (including phenoxy) is 1. The minimum atomic E-state index is -0.0912. The summed E-state index contributed by atoms with van der Waals surface area (Å²) in [6, 6.07) is 6.37. The summed E-state index contributed by atoms with van der Waals surface area (Å²) in [5.41, 5.74) is 2.26. The Kier molecular flexibility index (Phi) is 5.30. The van der Waals surface area contributed by atoms with E-state index in [0.29, 0.717) is 0 Å². The van der Waals surface area contributed by atoms with Gasteiger partial charge in [-0.3, -0.25) is 0 Å². The van der Waals surface area contributed by atoms with Crippen molar-refractivity contribution in [2.24, 2.45) is 0 Å². The summed E-state index contributed by atoms with van der Waals surface area (Å²) in [6.07, 6.45) is 1.14. The smallest absolute Gasteiger partial charge is 0.0801 e. The van der Waals surface area contributed by atoms with Crippen LogP contribution in [0.2, 0.25) is 5.02 Å². The second-order valence-corrected chi connectivity index (χ2v) is 6.39. The first kappa shape index (κ1) is 15.6. The molecule has 2 rings (SSSR count). The van der Waals surface area contributed by atoms with Gasteiger partial charge >= 0.3 is 0 Å². The third-order valence-corrected chi connectivity index (χ3v) is 3.92. The normalized spacial score (nSPS) is 18.3. The van der Waals surface area contributed by atoms with Gasteiger partial charge < -0.3 is 15.0 Å². The summed E-state index contributed by atoms with van der Waals surface area (Å²) in [6.45, 7) is 10.9. The third kappa shape index (κ3) is 4.11. The lowest BCUT2D eigenvalue weighted by Gasteiger charge is -2.39. The van der Waals surface area contributed by atoms with Crippen molar-refractivity contribution in [3.63, 3.8) is 0 Å². The molecule has 112 valence electrons. The van der Waals surface area contributed by atoms with Gasteiger partial charge in [0.25, 0.3) is 0 Å². The fourth-order valence-electron chi connectivity index (χ4n) is 2.51. The van der Waals surface area contributed by atoms with Crippen LogP contribution in [0.15, 0.2) is 18.2 Å². The Morgan fingerprint density at radius 2 is 2.20 bits per heavy atom. The molecule has 0 amide bonds. The van der Waals surface area contributed by atoms with Crippen molar-refractivity contribution >= 4 is 17.3 Å². The monoisotopic (exact) mass is 296 g/mol. The molecule has 1 fully saturated rings. The fraction of sp³-hybridized carbons (Fsp3) is 0.625. The number of rotatable bonds is 5. The fourth-order valence-corrected chi connectivity index (χ4v) is 2.75. The zero-order valence-corrected chi connectivity index (χ0v) is 13.5. The molecule has 1 aliphatic heterocycles. The second-order valence-electron chi connectivity index (χ2n) is 5.98. The van der Waals surface area contributed by atoms with Crippen LogP contribution in [-0.2, 0) is 11.3 Å². The van der Waals surface area contributed by atoms with Crippen molar-refractivity contribution < 1.29 is 4.74 Å². The highest BCUT2D eigenvalue weighted by Gasteiger charge is 2.27. The Morgan fingerprint density at radius 1 is 1.40 bits per heavy atom. The molecule has 1 saturated heterocycles. The molecule has 0 unspecified atom stereocenters. The van der Waals surface area contributed by atoms with Gasteiger partial charge in [0.15, 0.2) is 0 Å². The van der Waals surface area contributed by atoms with Crippen LogP contribution < -0.4 is 10.2 Å². The maximum Gasteiger partial charge on any atom is 0.0801 e. The Morgan fingerprint density at radius 3 is 2.85 bits per heavy atom. The molecule has 20 heavy (non-hydrogen) atoms. The Balaban J connectivity index is 2.04. The standard InChI is InChI=1S/C16H25ClN2O/c1-4-7-18-11-13-5-6-14(10-15(13)17)19-8-9-20-16(2,3)12-19/h5-6,10,18H,4,7-9,11-12H2,1-3H3. The summed E-state index contributed by atoms with van der Waals surface area (Å²) < 4.78 is 5.75.